The van der Waals surface area contributed by atoms with E-state index in [0.717, 1.165) is 24.8 Å². The van der Waals surface area contributed by atoms with Crippen molar-refractivity contribution in [1.82, 2.24) is 9.97 Å². The van der Waals surface area contributed by atoms with Gasteiger partial charge in [-0.2, -0.15) is 0 Å². The predicted molar refractivity (Wildman–Crippen MR) is 68.2 cm³/mol. The van der Waals surface area contributed by atoms with Crippen LogP contribution in [0.4, 0.5) is 5.82 Å². The summed E-state index contributed by atoms with van der Waals surface area (Å²) < 4.78 is 0. The minimum atomic E-state index is -0.115. The van der Waals surface area contributed by atoms with E-state index in [1.165, 1.54) is 25.6 Å². The summed E-state index contributed by atoms with van der Waals surface area (Å²) >= 11 is 5.98. The molecule has 17 heavy (non-hydrogen) atoms. The van der Waals surface area contributed by atoms with E-state index in [9.17, 15) is 5.11 Å². The molecule has 1 saturated carbocycles. The van der Waals surface area contributed by atoms with Crippen LogP contribution in [0.25, 0.3) is 0 Å². The van der Waals surface area contributed by atoms with E-state index in [1.54, 1.807) is 0 Å². The molecule has 94 valence electrons. The van der Waals surface area contributed by atoms with E-state index >= 15 is 0 Å². The van der Waals surface area contributed by atoms with E-state index in [4.69, 9.17) is 11.6 Å². The number of rotatable bonds is 5. The summed E-state index contributed by atoms with van der Waals surface area (Å²) in [7, 11) is 0. The van der Waals surface area contributed by atoms with E-state index in [0.29, 0.717) is 10.7 Å². The molecule has 1 heterocycles. The number of aliphatic hydroxyl groups is 1. The first kappa shape index (κ1) is 12.6. The average Bonchev–Trinajstić information content (AvgIpc) is 2.28. The summed E-state index contributed by atoms with van der Waals surface area (Å²) in [5, 5.41) is 9.71. The Hall–Kier alpha value is -0.870. The minimum absolute atomic E-state index is 0.115. The van der Waals surface area contributed by atoms with Gasteiger partial charge >= 0.3 is 0 Å². The van der Waals surface area contributed by atoms with Gasteiger partial charge in [-0.1, -0.05) is 18.0 Å². The van der Waals surface area contributed by atoms with Gasteiger partial charge in [0.15, 0.2) is 0 Å². The van der Waals surface area contributed by atoms with E-state index < -0.39 is 0 Å². The Morgan fingerprint density at radius 3 is 2.76 bits per heavy atom. The third-order valence-electron chi connectivity index (χ3n) is 3.41. The third-order valence-corrected chi connectivity index (χ3v) is 3.74. The van der Waals surface area contributed by atoms with Gasteiger partial charge in [-0.05, 0) is 25.7 Å². The molecular formula is C12H18ClN3O. The number of hydrogen-bond donors (Lipinski definition) is 1. The number of nitrogens with zero attached hydrogens (tertiary/aromatic N) is 3. The highest BCUT2D eigenvalue weighted by molar-refractivity contribution is 6.30. The highest BCUT2D eigenvalue weighted by Crippen LogP contribution is 2.30. The van der Waals surface area contributed by atoms with Gasteiger partial charge in [0.05, 0.1) is 12.2 Å². The van der Waals surface area contributed by atoms with Crippen molar-refractivity contribution in [2.75, 3.05) is 18.0 Å². The van der Waals surface area contributed by atoms with Gasteiger partial charge in [0.1, 0.15) is 17.3 Å². The average molecular weight is 256 g/mol. The smallest absolute Gasteiger partial charge is 0.140 e. The molecule has 1 aliphatic rings. The second-order valence-corrected chi connectivity index (χ2v) is 4.82. The lowest BCUT2D eigenvalue weighted by atomic mass is 9.85. The van der Waals surface area contributed by atoms with Crippen molar-refractivity contribution in [1.29, 1.82) is 0 Å². The normalized spacial score (nSPS) is 15.7. The Bertz CT molecular complexity index is 382. The lowest BCUT2D eigenvalue weighted by Crippen LogP contribution is -2.33. The molecule has 0 amide bonds. The molecule has 0 spiro atoms. The topological polar surface area (TPSA) is 49.2 Å². The van der Waals surface area contributed by atoms with Crippen molar-refractivity contribution in [3.8, 4) is 0 Å². The number of halogens is 1. The molecule has 1 N–H and O–H groups in total. The van der Waals surface area contributed by atoms with Crippen molar-refractivity contribution in [3.63, 3.8) is 0 Å². The fourth-order valence-electron chi connectivity index (χ4n) is 2.14. The van der Waals surface area contributed by atoms with Crippen LogP contribution < -0.4 is 4.90 Å². The van der Waals surface area contributed by atoms with Gasteiger partial charge in [-0.25, -0.2) is 9.97 Å². The van der Waals surface area contributed by atoms with Crippen LogP contribution in [-0.4, -0.2) is 28.2 Å². The van der Waals surface area contributed by atoms with Gasteiger partial charge in [-0.3, -0.25) is 0 Å². The van der Waals surface area contributed by atoms with Gasteiger partial charge in [-0.15, -0.1) is 0 Å². The number of aliphatic hydroxyl groups excluding tert-OH is 1. The molecule has 5 heteroatoms. The summed E-state index contributed by atoms with van der Waals surface area (Å²) in [6, 6.07) is 0. The predicted octanol–water partition coefficient (Wildman–Crippen LogP) is 2.25. The Morgan fingerprint density at radius 1 is 1.47 bits per heavy atom. The summed E-state index contributed by atoms with van der Waals surface area (Å²) in [6.45, 7) is 3.85. The standard InChI is InChI=1S/C12H18ClN3O/c1-2-16(6-9-4-3-5-9)12-10(7-17)11(13)14-8-15-12/h8-9,17H,2-7H2,1H3. The van der Waals surface area contributed by atoms with Crippen LogP contribution in [0.3, 0.4) is 0 Å². The molecule has 1 fully saturated rings. The molecule has 1 aliphatic carbocycles. The zero-order valence-electron chi connectivity index (χ0n) is 10.1. The molecular weight excluding hydrogens is 238 g/mol. The maximum absolute atomic E-state index is 9.36. The Morgan fingerprint density at radius 2 is 2.24 bits per heavy atom. The van der Waals surface area contributed by atoms with Crippen LogP contribution in [0.2, 0.25) is 5.15 Å². The fraction of sp³-hybridized carbons (Fsp3) is 0.667. The minimum Gasteiger partial charge on any atom is -0.391 e. The first-order valence-corrected chi connectivity index (χ1v) is 6.49. The van der Waals surface area contributed by atoms with E-state index in [1.807, 2.05) is 0 Å². The molecule has 2 rings (SSSR count). The maximum atomic E-state index is 9.36. The van der Waals surface area contributed by atoms with Gasteiger partial charge in [0.25, 0.3) is 0 Å². The largest absolute Gasteiger partial charge is 0.391 e. The lowest BCUT2D eigenvalue weighted by Gasteiger charge is -2.33. The first-order valence-electron chi connectivity index (χ1n) is 6.11. The van der Waals surface area contributed by atoms with Gasteiger partial charge in [0.2, 0.25) is 0 Å². The van der Waals surface area contributed by atoms with Crippen LogP contribution in [-0.2, 0) is 6.61 Å². The summed E-state index contributed by atoms with van der Waals surface area (Å²) in [6.07, 6.45) is 5.38. The third kappa shape index (κ3) is 2.69. The van der Waals surface area contributed by atoms with E-state index in [2.05, 4.69) is 21.8 Å². The Labute approximate surface area is 107 Å². The molecule has 0 aliphatic heterocycles. The lowest BCUT2D eigenvalue weighted by molar-refractivity contribution is 0.280. The fourth-order valence-corrected chi connectivity index (χ4v) is 2.33. The van der Waals surface area contributed by atoms with Gasteiger partial charge < -0.3 is 10.0 Å². The van der Waals surface area contributed by atoms with Crippen molar-refractivity contribution in [3.05, 3.63) is 17.0 Å². The molecule has 4 nitrogen and oxygen atoms in total. The van der Waals surface area contributed by atoms with Crippen LogP contribution in [0.1, 0.15) is 31.7 Å². The number of anilines is 1. The molecule has 0 saturated heterocycles. The molecule has 0 aromatic carbocycles. The highest BCUT2D eigenvalue weighted by Gasteiger charge is 2.22. The summed E-state index contributed by atoms with van der Waals surface area (Å²) in [5.41, 5.74) is 0.635. The Kier molecular flexibility index (Phi) is 4.18. The first-order chi connectivity index (χ1) is 8.26. The molecule has 1 aromatic heterocycles. The SMILES string of the molecule is CCN(CC1CCC1)c1ncnc(Cl)c1CO. The quantitative estimate of drug-likeness (QED) is 0.820. The zero-order chi connectivity index (χ0) is 12.3. The second kappa shape index (κ2) is 5.65. The molecule has 0 radical (unpaired) electrons. The van der Waals surface area contributed by atoms with Crippen LogP contribution in [0.5, 0.6) is 0 Å². The van der Waals surface area contributed by atoms with Crippen molar-refractivity contribution >= 4 is 17.4 Å². The van der Waals surface area contributed by atoms with Crippen LogP contribution in [0, 0.1) is 5.92 Å². The number of hydrogen-bond acceptors (Lipinski definition) is 4. The van der Waals surface area contributed by atoms with Crippen molar-refractivity contribution in [2.24, 2.45) is 5.92 Å². The number of aromatic nitrogens is 2. The molecule has 0 atom stereocenters. The van der Waals surface area contributed by atoms with E-state index in [-0.39, 0.29) is 6.61 Å². The van der Waals surface area contributed by atoms with Crippen LogP contribution in [0.15, 0.2) is 6.33 Å². The molecule has 0 unspecified atom stereocenters. The Balaban J connectivity index is 2.19. The molecule has 1 aromatic rings. The molecule has 0 bridgehead atoms. The summed E-state index contributed by atoms with van der Waals surface area (Å²) in [5.74, 6) is 1.54. The maximum Gasteiger partial charge on any atom is 0.140 e. The van der Waals surface area contributed by atoms with Crippen LogP contribution >= 0.6 is 11.6 Å². The highest BCUT2D eigenvalue weighted by atomic mass is 35.5. The zero-order valence-corrected chi connectivity index (χ0v) is 10.8. The van der Waals surface area contributed by atoms with Crippen molar-refractivity contribution in [2.45, 2.75) is 32.8 Å². The van der Waals surface area contributed by atoms with Gasteiger partial charge in [0, 0.05) is 13.1 Å². The summed E-state index contributed by atoms with van der Waals surface area (Å²) in [4.78, 5) is 10.4. The monoisotopic (exact) mass is 255 g/mol. The second-order valence-electron chi connectivity index (χ2n) is 4.46. The van der Waals surface area contributed by atoms with Crippen molar-refractivity contribution < 1.29 is 5.11 Å².